The van der Waals surface area contributed by atoms with Gasteiger partial charge >= 0.3 is 5.97 Å². The summed E-state index contributed by atoms with van der Waals surface area (Å²) >= 11 is 1.66. The van der Waals surface area contributed by atoms with Gasteiger partial charge in [-0.25, -0.2) is 4.79 Å². The molecule has 0 saturated heterocycles. The molecule has 0 radical (unpaired) electrons. The highest BCUT2D eigenvalue weighted by molar-refractivity contribution is 8.04. The Hall–Kier alpha value is -1.42. The number of carbonyl (C=O) groups excluding carboxylic acids is 1. The minimum absolute atomic E-state index is 0.197. The maximum Gasteiger partial charge on any atom is 0.346 e. The molecule has 22 heavy (non-hydrogen) atoms. The number of benzene rings is 1. The Morgan fingerprint density at radius 1 is 1.27 bits per heavy atom. The molecule has 4 heteroatoms. The zero-order valence-corrected chi connectivity index (χ0v) is 13.8. The molecule has 1 aromatic carbocycles. The predicted octanol–water partition coefficient (Wildman–Crippen LogP) is 3.81. The zero-order valence-electron chi connectivity index (χ0n) is 13.0. The van der Waals surface area contributed by atoms with Crippen LogP contribution in [0.1, 0.15) is 38.2 Å². The highest BCUT2D eigenvalue weighted by Crippen LogP contribution is 2.37. The van der Waals surface area contributed by atoms with E-state index in [1.165, 1.54) is 25.7 Å². The summed E-state index contributed by atoms with van der Waals surface area (Å²) in [7, 11) is 0. The lowest BCUT2D eigenvalue weighted by Crippen LogP contribution is -2.37. The third-order valence-electron chi connectivity index (χ3n) is 4.43. The first-order valence-electron chi connectivity index (χ1n) is 8.15. The van der Waals surface area contributed by atoms with Crippen LogP contribution in [0, 0.1) is 5.92 Å². The molecule has 2 aliphatic rings. The van der Waals surface area contributed by atoms with Crippen LogP contribution in [0.4, 0.5) is 0 Å². The van der Waals surface area contributed by atoms with E-state index in [4.69, 9.17) is 4.74 Å². The summed E-state index contributed by atoms with van der Waals surface area (Å²) in [5.41, 5.74) is 2.03. The van der Waals surface area contributed by atoms with Crippen LogP contribution in [-0.4, -0.2) is 24.4 Å². The first-order chi connectivity index (χ1) is 10.8. The normalized spacial score (nSPS) is 25.0. The quantitative estimate of drug-likeness (QED) is 0.860. The Labute approximate surface area is 136 Å². The summed E-state index contributed by atoms with van der Waals surface area (Å²) in [4.78, 5) is 13.1. The molecule has 0 spiro atoms. The topological polar surface area (TPSA) is 38.3 Å². The number of hydrogen-bond acceptors (Lipinski definition) is 4. The van der Waals surface area contributed by atoms with Gasteiger partial charge in [-0.2, -0.15) is 0 Å². The van der Waals surface area contributed by atoms with E-state index in [9.17, 15) is 4.79 Å². The van der Waals surface area contributed by atoms with Crippen LogP contribution in [-0.2, 0) is 9.53 Å². The van der Waals surface area contributed by atoms with Gasteiger partial charge in [0.1, 0.15) is 4.91 Å². The smallest absolute Gasteiger partial charge is 0.346 e. The molecule has 0 amide bonds. The Kier molecular flexibility index (Phi) is 5.08. The van der Waals surface area contributed by atoms with Crippen molar-refractivity contribution >= 4 is 23.4 Å². The fourth-order valence-electron chi connectivity index (χ4n) is 3.29. The van der Waals surface area contributed by atoms with E-state index in [1.807, 2.05) is 25.1 Å². The maximum atomic E-state index is 12.4. The second-order valence-electron chi connectivity index (χ2n) is 5.90. The summed E-state index contributed by atoms with van der Waals surface area (Å²) < 4.78 is 5.28. The van der Waals surface area contributed by atoms with Crippen molar-refractivity contribution in [3.05, 3.63) is 40.8 Å². The lowest BCUT2D eigenvalue weighted by atomic mass is 9.85. The lowest BCUT2D eigenvalue weighted by molar-refractivity contribution is -0.137. The molecule has 0 bridgehead atoms. The number of esters is 1. The van der Waals surface area contributed by atoms with Crippen molar-refractivity contribution in [2.75, 3.05) is 12.4 Å². The van der Waals surface area contributed by atoms with Crippen molar-refractivity contribution < 1.29 is 9.53 Å². The van der Waals surface area contributed by atoms with Crippen LogP contribution in [0.5, 0.6) is 0 Å². The average molecular weight is 317 g/mol. The molecule has 0 aromatic heterocycles. The molecule has 1 aromatic rings. The largest absolute Gasteiger partial charge is 0.462 e. The minimum atomic E-state index is -0.197. The first-order valence-corrected chi connectivity index (χ1v) is 9.14. The van der Waals surface area contributed by atoms with Crippen LogP contribution in [0.15, 0.2) is 35.2 Å². The van der Waals surface area contributed by atoms with E-state index < -0.39 is 0 Å². The monoisotopic (exact) mass is 317 g/mol. The number of carbonyl (C=O) groups is 1. The van der Waals surface area contributed by atoms with E-state index in [0.29, 0.717) is 18.6 Å². The van der Waals surface area contributed by atoms with Gasteiger partial charge in [-0.05, 0) is 31.2 Å². The van der Waals surface area contributed by atoms with Crippen molar-refractivity contribution in [2.45, 2.75) is 38.6 Å². The number of hydrogen-bond donors (Lipinski definition) is 1. The fraction of sp³-hybridized carbons (Fsp3) is 0.500. The molecule has 1 N–H and O–H groups in total. The molecule has 118 valence electrons. The van der Waals surface area contributed by atoms with Crippen LogP contribution in [0.2, 0.25) is 0 Å². The molecule has 0 unspecified atom stereocenters. The SMILES string of the molecule is CCOC(=O)C1=C(c2ccccc2)N[C@@H]2CCCC[C@H]2CS1. The lowest BCUT2D eigenvalue weighted by Gasteiger charge is -2.31. The van der Waals surface area contributed by atoms with Gasteiger partial charge < -0.3 is 10.1 Å². The third kappa shape index (κ3) is 3.32. The van der Waals surface area contributed by atoms with Gasteiger partial charge in [-0.1, -0.05) is 43.2 Å². The molecular formula is C18H23NO2S. The van der Waals surface area contributed by atoms with Crippen LogP contribution in [0.25, 0.3) is 5.70 Å². The average Bonchev–Trinajstić information content (AvgIpc) is 2.75. The van der Waals surface area contributed by atoms with Gasteiger partial charge in [0.2, 0.25) is 0 Å². The number of ether oxygens (including phenoxy) is 1. The maximum absolute atomic E-state index is 12.4. The highest BCUT2D eigenvalue weighted by Gasteiger charge is 2.32. The van der Waals surface area contributed by atoms with Gasteiger partial charge in [0, 0.05) is 11.8 Å². The Balaban J connectivity index is 1.96. The highest BCUT2D eigenvalue weighted by atomic mass is 32.2. The number of rotatable bonds is 3. The molecule has 1 aliphatic carbocycles. The number of fused-ring (bicyclic) bond motifs is 1. The van der Waals surface area contributed by atoms with Gasteiger partial charge in [0.05, 0.1) is 12.3 Å². The summed E-state index contributed by atoms with van der Waals surface area (Å²) in [5, 5.41) is 3.68. The minimum Gasteiger partial charge on any atom is -0.462 e. The molecule has 1 fully saturated rings. The second kappa shape index (κ2) is 7.23. The summed E-state index contributed by atoms with van der Waals surface area (Å²) in [6.07, 6.45) is 5.02. The summed E-state index contributed by atoms with van der Waals surface area (Å²) in [6, 6.07) is 10.6. The molecule has 1 heterocycles. The first kappa shape index (κ1) is 15.5. The standard InChI is InChI=1S/C18H23NO2S/c1-2-21-18(20)17-16(13-8-4-3-5-9-13)19-15-11-7-6-10-14(15)12-22-17/h3-5,8-9,14-15,19H,2,6-7,10-12H2,1H3/t14-,15+/m0/s1. The fourth-order valence-corrected chi connectivity index (χ4v) is 4.57. The molecular weight excluding hydrogens is 294 g/mol. The van der Waals surface area contributed by atoms with E-state index in [2.05, 4.69) is 17.4 Å². The van der Waals surface area contributed by atoms with Crippen molar-refractivity contribution in [1.82, 2.24) is 5.32 Å². The van der Waals surface area contributed by atoms with E-state index >= 15 is 0 Å². The Morgan fingerprint density at radius 3 is 2.82 bits per heavy atom. The van der Waals surface area contributed by atoms with Crippen molar-refractivity contribution in [3.63, 3.8) is 0 Å². The van der Waals surface area contributed by atoms with E-state index in [0.717, 1.165) is 21.9 Å². The van der Waals surface area contributed by atoms with Gasteiger partial charge in [-0.15, -0.1) is 11.8 Å². The number of nitrogens with one attached hydrogen (secondary N) is 1. The molecule has 3 nitrogen and oxygen atoms in total. The predicted molar refractivity (Wildman–Crippen MR) is 91.3 cm³/mol. The molecule has 2 atom stereocenters. The van der Waals surface area contributed by atoms with Crippen molar-refractivity contribution in [1.29, 1.82) is 0 Å². The second-order valence-corrected chi connectivity index (χ2v) is 6.93. The Morgan fingerprint density at radius 2 is 2.05 bits per heavy atom. The van der Waals surface area contributed by atoms with Gasteiger partial charge in [-0.3, -0.25) is 0 Å². The molecule has 3 rings (SSSR count). The third-order valence-corrected chi connectivity index (χ3v) is 5.69. The zero-order chi connectivity index (χ0) is 15.4. The van der Waals surface area contributed by atoms with Crippen molar-refractivity contribution in [3.8, 4) is 0 Å². The molecule has 1 saturated carbocycles. The van der Waals surface area contributed by atoms with Gasteiger partial charge in [0.25, 0.3) is 0 Å². The van der Waals surface area contributed by atoms with E-state index in [1.54, 1.807) is 11.8 Å². The van der Waals surface area contributed by atoms with Crippen LogP contribution >= 0.6 is 11.8 Å². The van der Waals surface area contributed by atoms with Crippen LogP contribution in [0.3, 0.4) is 0 Å². The van der Waals surface area contributed by atoms with E-state index in [-0.39, 0.29) is 5.97 Å². The molecule has 1 aliphatic heterocycles. The van der Waals surface area contributed by atoms with Crippen LogP contribution < -0.4 is 5.32 Å². The summed E-state index contributed by atoms with van der Waals surface area (Å²) in [6.45, 7) is 2.27. The summed E-state index contributed by atoms with van der Waals surface area (Å²) in [5.74, 6) is 1.45. The Bertz CT molecular complexity index is 555. The number of thioether (sulfide) groups is 1. The van der Waals surface area contributed by atoms with Crippen molar-refractivity contribution in [2.24, 2.45) is 5.92 Å². The van der Waals surface area contributed by atoms with Gasteiger partial charge in [0.15, 0.2) is 0 Å².